The fourth-order valence-corrected chi connectivity index (χ4v) is 2.94. The van der Waals surface area contributed by atoms with Crippen LogP contribution in [0.3, 0.4) is 0 Å². The third kappa shape index (κ3) is 7.02. The number of hydrogen-bond acceptors (Lipinski definition) is 3. The average Bonchev–Trinajstić information content (AvgIpc) is 2.50. The van der Waals surface area contributed by atoms with E-state index in [-0.39, 0.29) is 5.41 Å². The van der Waals surface area contributed by atoms with Crippen molar-refractivity contribution in [2.45, 2.75) is 57.9 Å². The molecule has 1 atom stereocenters. The second-order valence-corrected chi connectivity index (χ2v) is 7.36. The van der Waals surface area contributed by atoms with Crippen molar-refractivity contribution in [3.8, 4) is 6.07 Å². The van der Waals surface area contributed by atoms with Gasteiger partial charge >= 0.3 is 0 Å². The maximum absolute atomic E-state index is 8.99. The molecule has 0 fully saturated rings. The van der Waals surface area contributed by atoms with Crippen LogP contribution in [-0.2, 0) is 0 Å². The summed E-state index contributed by atoms with van der Waals surface area (Å²) in [7, 11) is 0. The Morgan fingerprint density at radius 1 is 1.29 bits per heavy atom. The lowest BCUT2D eigenvalue weighted by atomic mass is 9.90. The second-order valence-electron chi connectivity index (χ2n) is 6.19. The number of nitrogens with zero attached hydrogens (tertiary/aromatic N) is 1. The van der Waals surface area contributed by atoms with Crippen LogP contribution in [0.5, 0.6) is 0 Å². The monoisotopic (exact) mass is 304 g/mol. The highest BCUT2D eigenvalue weighted by molar-refractivity contribution is 7.99. The number of thioether (sulfide) groups is 1. The minimum atomic E-state index is -0.190. The molecule has 1 rings (SSSR count). The number of hydrogen-bond donors (Lipinski definition) is 1. The van der Waals surface area contributed by atoms with Crippen LogP contribution in [0.25, 0.3) is 0 Å². The second kappa shape index (κ2) is 9.12. The van der Waals surface area contributed by atoms with Crippen LogP contribution >= 0.6 is 11.8 Å². The average molecular weight is 305 g/mol. The van der Waals surface area contributed by atoms with Gasteiger partial charge in [0.2, 0.25) is 0 Å². The van der Waals surface area contributed by atoms with Crippen LogP contribution in [0.1, 0.15) is 58.6 Å². The van der Waals surface area contributed by atoms with Gasteiger partial charge in [-0.3, -0.25) is 0 Å². The fraction of sp³-hybridized carbons (Fsp3) is 0.611. The third-order valence-corrected chi connectivity index (χ3v) is 4.70. The Bertz CT molecular complexity index is 445. The lowest BCUT2D eigenvalue weighted by Crippen LogP contribution is -2.19. The predicted molar refractivity (Wildman–Crippen MR) is 92.5 cm³/mol. The molecule has 1 N–H and O–H groups in total. The molecule has 0 amide bonds. The molecule has 0 aromatic heterocycles. The molecule has 0 aliphatic heterocycles. The van der Waals surface area contributed by atoms with Crippen molar-refractivity contribution in [1.29, 1.82) is 5.26 Å². The van der Waals surface area contributed by atoms with Crippen molar-refractivity contribution in [3.63, 3.8) is 0 Å². The van der Waals surface area contributed by atoms with Crippen LogP contribution < -0.4 is 5.32 Å². The Kier molecular flexibility index (Phi) is 7.85. The Balaban J connectivity index is 2.36. The molecule has 116 valence electrons. The quantitative estimate of drug-likeness (QED) is 0.505. The molecular weight excluding hydrogens is 276 g/mol. The number of benzene rings is 1. The van der Waals surface area contributed by atoms with Crippen LogP contribution in [0, 0.1) is 16.7 Å². The molecule has 0 radical (unpaired) electrons. The summed E-state index contributed by atoms with van der Waals surface area (Å²) < 4.78 is 0. The molecule has 0 heterocycles. The first-order valence-electron chi connectivity index (χ1n) is 7.86. The SMILES string of the molecule is CCCNC(C)c1ccc(SCCCC(C)(C)C#N)cc1. The first-order chi connectivity index (χ1) is 9.98. The maximum atomic E-state index is 8.99. The van der Waals surface area contributed by atoms with Gasteiger partial charge in [0.1, 0.15) is 0 Å². The van der Waals surface area contributed by atoms with E-state index in [0.717, 1.165) is 31.6 Å². The molecule has 0 saturated carbocycles. The van der Waals surface area contributed by atoms with Gasteiger partial charge in [-0.1, -0.05) is 19.1 Å². The molecule has 1 aromatic carbocycles. The lowest BCUT2D eigenvalue weighted by Gasteiger charge is -2.15. The molecule has 0 bridgehead atoms. The van der Waals surface area contributed by atoms with E-state index in [1.54, 1.807) is 0 Å². The van der Waals surface area contributed by atoms with Gasteiger partial charge in [-0.05, 0) is 70.0 Å². The number of nitrogens with one attached hydrogen (secondary N) is 1. The molecule has 0 saturated heterocycles. The molecule has 3 heteroatoms. The van der Waals surface area contributed by atoms with Gasteiger partial charge in [0.05, 0.1) is 11.5 Å². The van der Waals surface area contributed by atoms with Crippen molar-refractivity contribution in [1.82, 2.24) is 5.32 Å². The minimum absolute atomic E-state index is 0.190. The molecule has 0 aliphatic carbocycles. The summed E-state index contributed by atoms with van der Waals surface area (Å²) in [5.74, 6) is 1.08. The summed E-state index contributed by atoms with van der Waals surface area (Å²) in [6.45, 7) is 9.48. The van der Waals surface area contributed by atoms with E-state index in [1.807, 2.05) is 25.6 Å². The zero-order valence-electron chi connectivity index (χ0n) is 13.8. The summed E-state index contributed by atoms with van der Waals surface area (Å²) in [6, 6.07) is 11.6. The van der Waals surface area contributed by atoms with Crippen molar-refractivity contribution in [2.75, 3.05) is 12.3 Å². The van der Waals surface area contributed by atoms with E-state index in [1.165, 1.54) is 10.5 Å². The van der Waals surface area contributed by atoms with E-state index in [2.05, 4.69) is 49.5 Å². The first kappa shape index (κ1) is 18.1. The zero-order valence-corrected chi connectivity index (χ0v) is 14.6. The Labute approximate surface area is 134 Å². The van der Waals surface area contributed by atoms with Crippen molar-refractivity contribution in [2.24, 2.45) is 5.41 Å². The van der Waals surface area contributed by atoms with Crippen LogP contribution in [-0.4, -0.2) is 12.3 Å². The van der Waals surface area contributed by atoms with Crippen LogP contribution in [0.15, 0.2) is 29.2 Å². The third-order valence-electron chi connectivity index (χ3n) is 3.60. The Hall–Kier alpha value is -0.980. The summed E-state index contributed by atoms with van der Waals surface area (Å²) >= 11 is 1.88. The van der Waals surface area contributed by atoms with Crippen molar-refractivity contribution >= 4 is 11.8 Å². The minimum Gasteiger partial charge on any atom is -0.310 e. The summed E-state index contributed by atoms with van der Waals surface area (Å²) in [5.41, 5.74) is 1.16. The largest absolute Gasteiger partial charge is 0.310 e. The van der Waals surface area contributed by atoms with Gasteiger partial charge < -0.3 is 5.32 Å². The van der Waals surface area contributed by atoms with E-state index in [9.17, 15) is 0 Å². The van der Waals surface area contributed by atoms with Crippen LogP contribution in [0.2, 0.25) is 0 Å². The van der Waals surface area contributed by atoms with Crippen molar-refractivity contribution < 1.29 is 0 Å². The van der Waals surface area contributed by atoms with Crippen LogP contribution in [0.4, 0.5) is 0 Å². The first-order valence-corrected chi connectivity index (χ1v) is 8.84. The molecule has 1 aromatic rings. The number of nitriles is 1. The fourth-order valence-electron chi connectivity index (χ4n) is 2.09. The van der Waals surface area contributed by atoms with E-state index >= 15 is 0 Å². The lowest BCUT2D eigenvalue weighted by molar-refractivity contribution is 0.448. The molecule has 2 nitrogen and oxygen atoms in total. The topological polar surface area (TPSA) is 35.8 Å². The van der Waals surface area contributed by atoms with Gasteiger partial charge in [0, 0.05) is 10.9 Å². The van der Waals surface area contributed by atoms with Gasteiger partial charge in [0.25, 0.3) is 0 Å². The van der Waals surface area contributed by atoms with Gasteiger partial charge in [-0.25, -0.2) is 0 Å². The van der Waals surface area contributed by atoms with Crippen molar-refractivity contribution in [3.05, 3.63) is 29.8 Å². The standard InChI is InChI=1S/C18H28N2S/c1-5-12-20-15(2)16-7-9-17(10-8-16)21-13-6-11-18(3,4)14-19/h7-10,15,20H,5-6,11-13H2,1-4H3. The van der Waals surface area contributed by atoms with Gasteiger partial charge in [-0.2, -0.15) is 5.26 Å². The normalized spacial score (nSPS) is 12.9. The highest BCUT2D eigenvalue weighted by Crippen LogP contribution is 2.26. The van der Waals surface area contributed by atoms with E-state index in [0.29, 0.717) is 6.04 Å². The molecular formula is C18H28N2S. The summed E-state index contributed by atoms with van der Waals surface area (Å²) in [6.07, 6.45) is 3.21. The molecule has 21 heavy (non-hydrogen) atoms. The highest BCUT2D eigenvalue weighted by Gasteiger charge is 2.15. The van der Waals surface area contributed by atoms with E-state index in [4.69, 9.17) is 5.26 Å². The predicted octanol–water partition coefficient (Wildman–Crippen LogP) is 5.17. The maximum Gasteiger partial charge on any atom is 0.0683 e. The van der Waals surface area contributed by atoms with Gasteiger partial charge in [0.15, 0.2) is 0 Å². The highest BCUT2D eigenvalue weighted by atomic mass is 32.2. The molecule has 0 spiro atoms. The summed E-state index contributed by atoms with van der Waals surface area (Å²) in [5, 5.41) is 12.5. The molecule has 1 unspecified atom stereocenters. The molecule has 0 aliphatic rings. The Morgan fingerprint density at radius 2 is 1.95 bits per heavy atom. The zero-order chi connectivity index (χ0) is 15.7. The smallest absolute Gasteiger partial charge is 0.0683 e. The Morgan fingerprint density at radius 3 is 2.52 bits per heavy atom. The van der Waals surface area contributed by atoms with Gasteiger partial charge in [-0.15, -0.1) is 11.8 Å². The van der Waals surface area contributed by atoms with E-state index < -0.39 is 0 Å². The number of rotatable bonds is 9. The summed E-state index contributed by atoms with van der Waals surface area (Å²) in [4.78, 5) is 1.32.